The summed E-state index contributed by atoms with van der Waals surface area (Å²) in [5.74, 6) is -0.836. The van der Waals surface area contributed by atoms with Gasteiger partial charge in [0.1, 0.15) is 5.58 Å². The van der Waals surface area contributed by atoms with E-state index in [2.05, 4.69) is 0 Å². The van der Waals surface area contributed by atoms with E-state index in [-0.39, 0.29) is 18.6 Å². The summed E-state index contributed by atoms with van der Waals surface area (Å²) in [5.41, 5.74) is 5.19. The van der Waals surface area contributed by atoms with Crippen molar-refractivity contribution in [3.8, 4) is 0 Å². The second-order valence-corrected chi connectivity index (χ2v) is 3.22. The summed E-state index contributed by atoms with van der Waals surface area (Å²) in [5, 5.41) is 8.78. The van der Waals surface area contributed by atoms with E-state index in [4.69, 9.17) is 15.3 Å². The monoisotopic (exact) mass is 235 g/mol. The molecule has 5 nitrogen and oxygen atoms in total. The molecule has 0 radical (unpaired) electrons. The van der Waals surface area contributed by atoms with Crippen LogP contribution in [-0.4, -0.2) is 17.6 Å². The zero-order chi connectivity index (χ0) is 12.7. The van der Waals surface area contributed by atoms with Gasteiger partial charge in [-0.15, -0.1) is 0 Å². The van der Waals surface area contributed by atoms with Crippen molar-refractivity contribution < 1.29 is 14.3 Å². The molecule has 0 spiro atoms. The molecule has 2 aromatic rings. The first kappa shape index (κ1) is 12.9. The van der Waals surface area contributed by atoms with Crippen molar-refractivity contribution in [2.24, 2.45) is 5.73 Å². The van der Waals surface area contributed by atoms with Gasteiger partial charge in [-0.3, -0.25) is 4.79 Å². The highest BCUT2D eigenvalue weighted by Crippen LogP contribution is 2.08. The molecule has 5 heteroatoms. The van der Waals surface area contributed by atoms with Crippen LogP contribution in [0.5, 0.6) is 0 Å². The van der Waals surface area contributed by atoms with E-state index in [0.717, 1.165) is 5.39 Å². The van der Waals surface area contributed by atoms with Crippen molar-refractivity contribution in [2.45, 2.75) is 6.42 Å². The highest BCUT2D eigenvalue weighted by molar-refractivity contribution is 5.75. The van der Waals surface area contributed by atoms with Crippen LogP contribution < -0.4 is 11.4 Å². The van der Waals surface area contributed by atoms with Gasteiger partial charge in [-0.2, -0.15) is 0 Å². The zero-order valence-corrected chi connectivity index (χ0v) is 9.13. The predicted octanol–water partition coefficient (Wildman–Crippen LogP) is 1.21. The molecule has 1 heterocycles. The lowest BCUT2D eigenvalue weighted by Crippen LogP contribution is -2.05. The number of hydrogen-bond acceptors (Lipinski definition) is 4. The Morgan fingerprint density at radius 1 is 1.24 bits per heavy atom. The lowest BCUT2D eigenvalue weighted by Gasteiger charge is -1.91. The average Bonchev–Trinajstić information content (AvgIpc) is 2.29. The van der Waals surface area contributed by atoms with Crippen molar-refractivity contribution in [3.63, 3.8) is 0 Å². The van der Waals surface area contributed by atoms with Crippen LogP contribution in [0.1, 0.15) is 6.42 Å². The number of aliphatic carboxylic acids is 1. The Balaban J connectivity index is 0.000000209. The molecular weight excluding hydrogens is 222 g/mol. The number of benzene rings is 1. The molecule has 2 rings (SSSR count). The smallest absolute Gasteiger partial charge is 0.336 e. The highest BCUT2D eigenvalue weighted by Gasteiger charge is 1.92. The molecule has 0 aliphatic heterocycles. The maximum Gasteiger partial charge on any atom is 0.336 e. The third-order valence-corrected chi connectivity index (χ3v) is 1.89. The van der Waals surface area contributed by atoms with E-state index in [9.17, 15) is 9.59 Å². The maximum atomic E-state index is 10.7. The third-order valence-electron chi connectivity index (χ3n) is 1.89. The first-order valence-corrected chi connectivity index (χ1v) is 5.04. The van der Waals surface area contributed by atoms with Gasteiger partial charge >= 0.3 is 11.6 Å². The van der Waals surface area contributed by atoms with Gasteiger partial charge in [-0.25, -0.2) is 4.79 Å². The first-order valence-electron chi connectivity index (χ1n) is 5.04. The van der Waals surface area contributed by atoms with Gasteiger partial charge in [0.25, 0.3) is 0 Å². The number of fused-ring (bicyclic) bond motifs is 1. The van der Waals surface area contributed by atoms with Gasteiger partial charge in [0.2, 0.25) is 0 Å². The van der Waals surface area contributed by atoms with Gasteiger partial charge in [0.15, 0.2) is 0 Å². The number of nitrogens with two attached hydrogens (primary N) is 1. The molecule has 0 aliphatic rings. The van der Waals surface area contributed by atoms with Gasteiger partial charge < -0.3 is 15.3 Å². The fraction of sp³-hybridized carbons (Fsp3) is 0.167. The summed E-state index contributed by atoms with van der Waals surface area (Å²) in [6, 6.07) is 10.6. The van der Waals surface area contributed by atoms with Crippen LogP contribution in [0.25, 0.3) is 11.0 Å². The van der Waals surface area contributed by atoms with Gasteiger partial charge in [-0.1, -0.05) is 18.2 Å². The second kappa shape index (κ2) is 6.44. The molecule has 17 heavy (non-hydrogen) atoms. The summed E-state index contributed by atoms with van der Waals surface area (Å²) in [7, 11) is 0. The summed E-state index contributed by atoms with van der Waals surface area (Å²) in [6.45, 7) is 0.231. The van der Waals surface area contributed by atoms with Crippen LogP contribution >= 0.6 is 0 Å². The van der Waals surface area contributed by atoms with Crippen molar-refractivity contribution in [1.29, 1.82) is 0 Å². The summed E-state index contributed by atoms with van der Waals surface area (Å²) < 4.78 is 4.91. The van der Waals surface area contributed by atoms with E-state index in [1.54, 1.807) is 12.1 Å². The van der Waals surface area contributed by atoms with Crippen molar-refractivity contribution >= 4 is 16.9 Å². The molecule has 0 saturated heterocycles. The number of carbonyl (C=O) groups is 1. The first-order chi connectivity index (χ1) is 8.13. The second-order valence-electron chi connectivity index (χ2n) is 3.22. The number of carboxylic acid groups (broad SMARTS) is 1. The van der Waals surface area contributed by atoms with Crippen LogP contribution in [0.15, 0.2) is 45.6 Å². The molecule has 0 saturated carbocycles. The topological polar surface area (TPSA) is 93.5 Å². The Bertz CT molecular complexity index is 547. The molecule has 0 aliphatic carbocycles. The van der Waals surface area contributed by atoms with Gasteiger partial charge in [-0.05, 0) is 12.1 Å². The molecule has 0 bridgehead atoms. The molecule has 90 valence electrons. The Hall–Kier alpha value is -2.14. The maximum absolute atomic E-state index is 10.7. The van der Waals surface area contributed by atoms with Crippen LogP contribution in [0.3, 0.4) is 0 Å². The lowest BCUT2D eigenvalue weighted by atomic mass is 10.2. The molecule has 0 atom stereocenters. The number of para-hydroxylation sites is 1. The normalized spacial score (nSPS) is 9.47. The fourth-order valence-electron chi connectivity index (χ4n) is 1.13. The molecule has 1 aromatic carbocycles. The Kier molecular flexibility index (Phi) is 4.90. The van der Waals surface area contributed by atoms with Crippen LogP contribution in [0.2, 0.25) is 0 Å². The predicted molar refractivity (Wildman–Crippen MR) is 63.8 cm³/mol. The van der Waals surface area contributed by atoms with Gasteiger partial charge in [0.05, 0.1) is 6.42 Å². The minimum absolute atomic E-state index is 0.0694. The number of rotatable bonds is 2. The Morgan fingerprint density at radius 3 is 2.53 bits per heavy atom. The molecule has 0 unspecified atom stereocenters. The van der Waals surface area contributed by atoms with E-state index in [1.807, 2.05) is 18.2 Å². The summed E-state index contributed by atoms with van der Waals surface area (Å²) in [6.07, 6.45) is 0.0694. The minimum Gasteiger partial charge on any atom is -0.481 e. The van der Waals surface area contributed by atoms with Crippen LogP contribution in [-0.2, 0) is 4.79 Å². The lowest BCUT2D eigenvalue weighted by molar-refractivity contribution is -0.136. The number of carboxylic acids is 1. The summed E-state index contributed by atoms with van der Waals surface area (Å²) >= 11 is 0. The Labute approximate surface area is 97.5 Å². The standard InChI is InChI=1S/C9H6O2.C3H7NO2/c10-9-6-5-7-3-1-2-4-8(7)11-9;4-2-1-3(5)6/h1-6H;1-2,4H2,(H,5,6). The minimum atomic E-state index is -0.836. The molecule has 3 N–H and O–H groups in total. The van der Waals surface area contributed by atoms with Crippen molar-refractivity contribution in [2.75, 3.05) is 6.54 Å². The zero-order valence-electron chi connectivity index (χ0n) is 9.13. The molecule has 1 aromatic heterocycles. The largest absolute Gasteiger partial charge is 0.481 e. The highest BCUT2D eigenvalue weighted by atomic mass is 16.4. The average molecular weight is 235 g/mol. The Morgan fingerprint density at radius 2 is 1.94 bits per heavy atom. The number of hydrogen-bond donors (Lipinski definition) is 2. The van der Waals surface area contributed by atoms with E-state index < -0.39 is 5.97 Å². The summed E-state index contributed by atoms with van der Waals surface area (Å²) in [4.78, 5) is 20.2. The van der Waals surface area contributed by atoms with Crippen molar-refractivity contribution in [3.05, 3.63) is 46.8 Å². The van der Waals surface area contributed by atoms with Crippen LogP contribution in [0.4, 0.5) is 0 Å². The van der Waals surface area contributed by atoms with E-state index in [0.29, 0.717) is 5.58 Å². The SMILES string of the molecule is NCCC(=O)O.O=c1ccc2ccccc2o1. The quantitative estimate of drug-likeness (QED) is 0.763. The van der Waals surface area contributed by atoms with Crippen LogP contribution in [0, 0.1) is 0 Å². The molecule has 0 amide bonds. The van der Waals surface area contributed by atoms with E-state index >= 15 is 0 Å². The molecular formula is C12H13NO4. The van der Waals surface area contributed by atoms with Gasteiger partial charge in [0, 0.05) is 18.0 Å². The fourth-order valence-corrected chi connectivity index (χ4v) is 1.13. The molecule has 0 fully saturated rings. The third kappa shape index (κ3) is 4.48. The van der Waals surface area contributed by atoms with E-state index in [1.165, 1.54) is 6.07 Å². The van der Waals surface area contributed by atoms with Crippen molar-refractivity contribution in [1.82, 2.24) is 0 Å².